The fourth-order valence-corrected chi connectivity index (χ4v) is 2.22. The van der Waals surface area contributed by atoms with Crippen molar-refractivity contribution in [2.75, 3.05) is 14.2 Å². The van der Waals surface area contributed by atoms with Gasteiger partial charge in [-0.2, -0.15) is 0 Å². The van der Waals surface area contributed by atoms with Gasteiger partial charge in [0.1, 0.15) is 5.75 Å². The highest BCUT2D eigenvalue weighted by atomic mass is 16.5. The van der Waals surface area contributed by atoms with Crippen LogP contribution in [0.4, 0.5) is 0 Å². The lowest BCUT2D eigenvalue weighted by atomic mass is 9.89. The lowest BCUT2D eigenvalue weighted by Crippen LogP contribution is -2.35. The Labute approximate surface area is 100 Å². The maximum absolute atomic E-state index is 11.5. The smallest absolute Gasteiger partial charge is 0.335 e. The van der Waals surface area contributed by atoms with Crippen LogP contribution in [-0.4, -0.2) is 31.4 Å². The molecule has 0 bridgehead atoms. The maximum Gasteiger partial charge on any atom is 0.335 e. The first-order chi connectivity index (χ1) is 8.15. The second-order valence-corrected chi connectivity index (χ2v) is 4.28. The molecular weight excluding hydrogens is 220 g/mol. The molecule has 1 aromatic rings. The van der Waals surface area contributed by atoms with Crippen molar-refractivity contribution in [3.63, 3.8) is 0 Å². The minimum Gasteiger partial charge on any atom is -0.496 e. The van der Waals surface area contributed by atoms with Crippen LogP contribution >= 0.6 is 0 Å². The largest absolute Gasteiger partial charge is 0.496 e. The first kappa shape index (κ1) is 11.9. The fraction of sp³-hybridized carbons (Fsp3) is 0.462. The first-order valence-electron chi connectivity index (χ1n) is 5.55. The summed E-state index contributed by atoms with van der Waals surface area (Å²) < 4.78 is 9.88. The van der Waals surface area contributed by atoms with Crippen LogP contribution in [0.3, 0.4) is 0 Å². The molecule has 4 nitrogen and oxygen atoms in total. The Morgan fingerprint density at radius 2 is 2.00 bits per heavy atom. The predicted octanol–water partition coefficient (Wildman–Crippen LogP) is 1.26. The average molecular weight is 236 g/mol. The van der Waals surface area contributed by atoms with Gasteiger partial charge in [-0.1, -0.05) is 18.2 Å². The van der Waals surface area contributed by atoms with Gasteiger partial charge in [0.25, 0.3) is 0 Å². The summed E-state index contributed by atoms with van der Waals surface area (Å²) >= 11 is 0. The van der Waals surface area contributed by atoms with E-state index >= 15 is 0 Å². The van der Waals surface area contributed by atoms with Gasteiger partial charge in [-0.3, -0.25) is 0 Å². The minimum atomic E-state index is -1.12. The number of methoxy groups -OCH3 is 2. The Bertz CT molecular complexity index is 423. The molecule has 0 saturated heterocycles. The van der Waals surface area contributed by atoms with E-state index in [1.54, 1.807) is 7.11 Å². The third-order valence-corrected chi connectivity index (χ3v) is 3.38. The summed E-state index contributed by atoms with van der Waals surface area (Å²) in [7, 11) is 2.86. The summed E-state index contributed by atoms with van der Waals surface area (Å²) in [5.41, 5.74) is 0.347. The Morgan fingerprint density at radius 3 is 2.53 bits per heavy atom. The van der Waals surface area contributed by atoms with Gasteiger partial charge in [-0.15, -0.1) is 0 Å². The number of carbonyl (C=O) groups excluding carboxylic acids is 1. The van der Waals surface area contributed by atoms with Crippen LogP contribution in [-0.2, 0) is 14.9 Å². The van der Waals surface area contributed by atoms with Crippen molar-refractivity contribution in [2.45, 2.75) is 24.4 Å². The molecule has 1 N–H and O–H groups in total. The van der Waals surface area contributed by atoms with E-state index in [1.807, 2.05) is 24.3 Å². The van der Waals surface area contributed by atoms with Crippen LogP contribution in [0.5, 0.6) is 5.75 Å². The predicted molar refractivity (Wildman–Crippen MR) is 61.9 cm³/mol. The van der Waals surface area contributed by atoms with E-state index in [9.17, 15) is 9.90 Å². The summed E-state index contributed by atoms with van der Waals surface area (Å²) in [5.74, 6) is 0.112. The summed E-state index contributed by atoms with van der Waals surface area (Å²) in [6.07, 6.45) is 0.414. The van der Waals surface area contributed by atoms with E-state index in [0.717, 1.165) is 18.4 Å². The van der Waals surface area contributed by atoms with Crippen LogP contribution in [0.15, 0.2) is 24.3 Å². The highest BCUT2D eigenvalue weighted by Gasteiger charge is 2.55. The van der Waals surface area contributed by atoms with Crippen molar-refractivity contribution in [1.29, 1.82) is 0 Å². The van der Waals surface area contributed by atoms with Crippen molar-refractivity contribution in [3.05, 3.63) is 29.8 Å². The summed E-state index contributed by atoms with van der Waals surface area (Å²) in [4.78, 5) is 11.5. The number of benzene rings is 1. The normalized spacial score (nSPS) is 18.3. The van der Waals surface area contributed by atoms with Crippen LogP contribution in [0.25, 0.3) is 0 Å². The summed E-state index contributed by atoms with van der Waals surface area (Å²) in [6.45, 7) is 0. The van der Waals surface area contributed by atoms with Gasteiger partial charge in [-0.25, -0.2) is 4.79 Å². The molecule has 4 heteroatoms. The molecule has 0 radical (unpaired) electrons. The number of aliphatic hydroxyl groups is 1. The second-order valence-electron chi connectivity index (χ2n) is 4.28. The number of hydrogen-bond donors (Lipinski definition) is 1. The Hall–Kier alpha value is -1.55. The van der Waals surface area contributed by atoms with E-state index < -0.39 is 17.5 Å². The van der Waals surface area contributed by atoms with Crippen molar-refractivity contribution < 1.29 is 19.4 Å². The molecule has 0 aromatic heterocycles. The molecule has 1 aromatic carbocycles. The zero-order valence-corrected chi connectivity index (χ0v) is 9.97. The molecule has 1 aliphatic rings. The van der Waals surface area contributed by atoms with Crippen LogP contribution in [0, 0.1) is 0 Å². The first-order valence-corrected chi connectivity index (χ1v) is 5.55. The lowest BCUT2D eigenvalue weighted by Gasteiger charge is -2.22. The standard InChI is InChI=1S/C13H16O4/c1-16-10-6-4-3-5-9(10)13(7-8-13)11(14)12(15)17-2/h3-6,11,14H,7-8H2,1-2H3. The molecule has 0 spiro atoms. The van der Waals surface area contributed by atoms with Gasteiger partial charge >= 0.3 is 5.97 Å². The molecule has 92 valence electrons. The Kier molecular flexibility index (Phi) is 3.07. The Morgan fingerprint density at radius 1 is 1.35 bits per heavy atom. The second kappa shape index (κ2) is 4.37. The molecule has 0 heterocycles. The highest BCUT2D eigenvalue weighted by molar-refractivity contribution is 5.78. The summed E-state index contributed by atoms with van der Waals surface area (Å²) in [6, 6.07) is 7.46. The minimum absolute atomic E-state index is 0.528. The van der Waals surface area contributed by atoms with Gasteiger partial charge in [0, 0.05) is 11.0 Å². The van der Waals surface area contributed by atoms with E-state index in [4.69, 9.17) is 4.74 Å². The molecule has 1 unspecified atom stereocenters. The SMILES string of the molecule is COC(=O)C(O)C1(c2ccccc2OC)CC1. The number of carbonyl (C=O) groups is 1. The molecule has 1 aliphatic carbocycles. The number of aliphatic hydroxyl groups excluding tert-OH is 1. The monoisotopic (exact) mass is 236 g/mol. The van der Waals surface area contributed by atoms with Crippen LogP contribution < -0.4 is 4.74 Å². The molecule has 1 fully saturated rings. The lowest BCUT2D eigenvalue weighted by molar-refractivity contribution is -0.152. The maximum atomic E-state index is 11.5. The quantitative estimate of drug-likeness (QED) is 0.800. The third kappa shape index (κ3) is 1.89. The van der Waals surface area contributed by atoms with Gasteiger partial charge < -0.3 is 14.6 Å². The molecule has 0 aliphatic heterocycles. The van der Waals surface area contributed by atoms with Gasteiger partial charge in [0.2, 0.25) is 0 Å². The van der Waals surface area contributed by atoms with Crippen LogP contribution in [0.2, 0.25) is 0 Å². The number of ether oxygens (including phenoxy) is 2. The number of hydrogen-bond acceptors (Lipinski definition) is 4. The third-order valence-electron chi connectivity index (χ3n) is 3.38. The highest BCUT2D eigenvalue weighted by Crippen LogP contribution is 2.53. The Balaban J connectivity index is 2.35. The van der Waals surface area contributed by atoms with E-state index in [0.29, 0.717) is 5.75 Å². The van der Waals surface area contributed by atoms with Crippen molar-refractivity contribution in [2.24, 2.45) is 0 Å². The van der Waals surface area contributed by atoms with E-state index in [1.165, 1.54) is 7.11 Å². The van der Waals surface area contributed by atoms with Gasteiger partial charge in [0.05, 0.1) is 14.2 Å². The van der Waals surface area contributed by atoms with E-state index in [2.05, 4.69) is 4.74 Å². The average Bonchev–Trinajstić information content (AvgIpc) is 3.18. The number of rotatable bonds is 4. The number of esters is 1. The molecule has 2 rings (SSSR count). The van der Waals surface area contributed by atoms with Gasteiger partial charge in [-0.05, 0) is 18.9 Å². The fourth-order valence-electron chi connectivity index (χ4n) is 2.22. The van der Waals surface area contributed by atoms with Gasteiger partial charge in [0.15, 0.2) is 6.10 Å². The summed E-state index contributed by atoms with van der Waals surface area (Å²) in [5, 5.41) is 10.1. The molecular formula is C13H16O4. The zero-order chi connectivity index (χ0) is 12.5. The van der Waals surface area contributed by atoms with E-state index in [-0.39, 0.29) is 0 Å². The van der Waals surface area contributed by atoms with Crippen molar-refractivity contribution in [1.82, 2.24) is 0 Å². The molecule has 17 heavy (non-hydrogen) atoms. The zero-order valence-electron chi connectivity index (χ0n) is 9.97. The molecule has 1 atom stereocenters. The van der Waals surface area contributed by atoms with Crippen molar-refractivity contribution >= 4 is 5.97 Å². The van der Waals surface area contributed by atoms with Crippen molar-refractivity contribution in [3.8, 4) is 5.75 Å². The molecule has 0 amide bonds. The number of para-hydroxylation sites is 1. The van der Waals surface area contributed by atoms with Crippen LogP contribution in [0.1, 0.15) is 18.4 Å². The topological polar surface area (TPSA) is 55.8 Å². The molecule has 1 saturated carbocycles.